The summed E-state index contributed by atoms with van der Waals surface area (Å²) in [6, 6.07) is 8.66. The summed E-state index contributed by atoms with van der Waals surface area (Å²) in [6.45, 7) is 8.32. The number of hydrogen-bond donors (Lipinski definition) is 2. The van der Waals surface area contributed by atoms with E-state index in [1.165, 1.54) is 11.1 Å². The van der Waals surface area contributed by atoms with Gasteiger partial charge in [-0.25, -0.2) is 0 Å². The molecule has 0 bridgehead atoms. The largest absolute Gasteiger partial charge is 0.316 e. The van der Waals surface area contributed by atoms with Crippen LogP contribution < -0.4 is 10.6 Å². The lowest BCUT2D eigenvalue weighted by Crippen LogP contribution is -2.26. The smallest absolute Gasteiger partial charge is 0.0206 e. The molecule has 0 fully saturated rings. The summed E-state index contributed by atoms with van der Waals surface area (Å²) in [7, 11) is 0. The van der Waals surface area contributed by atoms with Crippen LogP contribution in [0.25, 0.3) is 0 Å². The first-order valence-corrected chi connectivity index (χ1v) is 5.30. The van der Waals surface area contributed by atoms with Gasteiger partial charge in [0, 0.05) is 19.6 Å². The van der Waals surface area contributed by atoms with Gasteiger partial charge >= 0.3 is 0 Å². The van der Waals surface area contributed by atoms with E-state index in [2.05, 4.69) is 48.7 Å². The molecule has 0 radical (unpaired) electrons. The van der Waals surface area contributed by atoms with E-state index in [0.717, 1.165) is 26.2 Å². The molecule has 0 heterocycles. The van der Waals surface area contributed by atoms with Crippen LogP contribution in [-0.4, -0.2) is 19.6 Å². The Morgan fingerprint density at radius 3 is 2.29 bits per heavy atom. The van der Waals surface area contributed by atoms with Crippen LogP contribution in [-0.2, 0) is 6.54 Å². The van der Waals surface area contributed by atoms with Crippen LogP contribution in [0.15, 0.2) is 24.3 Å². The Morgan fingerprint density at radius 1 is 1.00 bits per heavy atom. The van der Waals surface area contributed by atoms with Gasteiger partial charge in [-0.05, 0) is 19.0 Å². The first-order valence-electron chi connectivity index (χ1n) is 5.30. The lowest BCUT2D eigenvalue weighted by Gasteiger charge is -2.05. The molecule has 0 aliphatic heterocycles. The standard InChI is InChI=1S/C12H20N2/c1-3-13-8-9-14-10-12-6-4-11(2)5-7-12/h4-7,13-14H,3,8-10H2,1-2H3. The summed E-state index contributed by atoms with van der Waals surface area (Å²) >= 11 is 0. The van der Waals surface area contributed by atoms with Crippen molar-refractivity contribution in [1.29, 1.82) is 0 Å². The lowest BCUT2D eigenvalue weighted by atomic mass is 10.1. The van der Waals surface area contributed by atoms with Crippen LogP contribution in [0.1, 0.15) is 18.1 Å². The third kappa shape index (κ3) is 4.40. The first kappa shape index (κ1) is 11.2. The molecule has 0 aliphatic carbocycles. The van der Waals surface area contributed by atoms with Gasteiger partial charge in [0.1, 0.15) is 0 Å². The molecule has 1 aromatic rings. The molecule has 0 unspecified atom stereocenters. The van der Waals surface area contributed by atoms with Crippen molar-refractivity contribution in [3.05, 3.63) is 35.4 Å². The number of hydrogen-bond acceptors (Lipinski definition) is 2. The van der Waals surface area contributed by atoms with E-state index in [-0.39, 0.29) is 0 Å². The molecule has 78 valence electrons. The molecule has 0 saturated carbocycles. The van der Waals surface area contributed by atoms with Crippen LogP contribution in [0.4, 0.5) is 0 Å². The van der Waals surface area contributed by atoms with Crippen molar-refractivity contribution >= 4 is 0 Å². The molecule has 0 spiro atoms. The highest BCUT2D eigenvalue weighted by molar-refractivity contribution is 5.20. The molecule has 14 heavy (non-hydrogen) atoms. The molecular formula is C12H20N2. The zero-order valence-corrected chi connectivity index (χ0v) is 9.14. The quantitative estimate of drug-likeness (QED) is 0.670. The molecule has 0 aromatic heterocycles. The second-order valence-electron chi connectivity index (χ2n) is 3.52. The molecule has 0 aliphatic rings. The fraction of sp³-hybridized carbons (Fsp3) is 0.500. The van der Waals surface area contributed by atoms with Crippen molar-refractivity contribution < 1.29 is 0 Å². The minimum absolute atomic E-state index is 0.964. The third-order valence-electron chi connectivity index (χ3n) is 2.18. The third-order valence-corrected chi connectivity index (χ3v) is 2.18. The van der Waals surface area contributed by atoms with E-state index in [9.17, 15) is 0 Å². The summed E-state index contributed by atoms with van der Waals surface area (Å²) in [5.41, 5.74) is 2.67. The van der Waals surface area contributed by atoms with Gasteiger partial charge in [0.05, 0.1) is 0 Å². The van der Waals surface area contributed by atoms with E-state index in [1.54, 1.807) is 0 Å². The zero-order valence-electron chi connectivity index (χ0n) is 9.14. The molecule has 0 atom stereocenters. The number of likely N-dealkylation sites (N-methyl/N-ethyl adjacent to an activating group) is 1. The van der Waals surface area contributed by atoms with Crippen molar-refractivity contribution in [3.8, 4) is 0 Å². The predicted molar refractivity (Wildman–Crippen MR) is 61.4 cm³/mol. The molecular weight excluding hydrogens is 172 g/mol. The van der Waals surface area contributed by atoms with E-state index in [1.807, 2.05) is 0 Å². The summed E-state index contributed by atoms with van der Waals surface area (Å²) < 4.78 is 0. The van der Waals surface area contributed by atoms with Gasteiger partial charge in [-0.15, -0.1) is 0 Å². The Kier molecular flexibility index (Phi) is 5.27. The van der Waals surface area contributed by atoms with Crippen molar-refractivity contribution in [1.82, 2.24) is 10.6 Å². The average molecular weight is 192 g/mol. The van der Waals surface area contributed by atoms with E-state index in [4.69, 9.17) is 0 Å². The van der Waals surface area contributed by atoms with Gasteiger partial charge in [0.15, 0.2) is 0 Å². The molecule has 2 N–H and O–H groups in total. The maximum atomic E-state index is 3.39. The molecule has 0 saturated heterocycles. The minimum Gasteiger partial charge on any atom is -0.316 e. The highest BCUT2D eigenvalue weighted by Gasteiger charge is 1.91. The van der Waals surface area contributed by atoms with E-state index in [0.29, 0.717) is 0 Å². The first-order chi connectivity index (χ1) is 6.83. The minimum atomic E-state index is 0.964. The Morgan fingerprint density at radius 2 is 1.64 bits per heavy atom. The second kappa shape index (κ2) is 6.57. The summed E-state index contributed by atoms with van der Waals surface area (Å²) in [5, 5.41) is 6.67. The van der Waals surface area contributed by atoms with Crippen LogP contribution in [0.5, 0.6) is 0 Å². The van der Waals surface area contributed by atoms with E-state index < -0.39 is 0 Å². The van der Waals surface area contributed by atoms with Gasteiger partial charge in [-0.1, -0.05) is 36.8 Å². The van der Waals surface area contributed by atoms with Crippen molar-refractivity contribution in [2.45, 2.75) is 20.4 Å². The molecule has 0 amide bonds. The normalized spacial score (nSPS) is 10.4. The van der Waals surface area contributed by atoms with E-state index >= 15 is 0 Å². The average Bonchev–Trinajstić information content (AvgIpc) is 2.21. The fourth-order valence-corrected chi connectivity index (χ4v) is 1.29. The van der Waals surface area contributed by atoms with Crippen LogP contribution in [0, 0.1) is 6.92 Å². The number of benzene rings is 1. The van der Waals surface area contributed by atoms with Gasteiger partial charge in [0.25, 0.3) is 0 Å². The highest BCUT2D eigenvalue weighted by Crippen LogP contribution is 2.01. The summed E-state index contributed by atoms with van der Waals surface area (Å²) in [5.74, 6) is 0. The Balaban J connectivity index is 2.15. The highest BCUT2D eigenvalue weighted by atomic mass is 14.9. The second-order valence-corrected chi connectivity index (χ2v) is 3.52. The van der Waals surface area contributed by atoms with Gasteiger partial charge in [0.2, 0.25) is 0 Å². The maximum absolute atomic E-state index is 3.39. The predicted octanol–water partition coefficient (Wildman–Crippen LogP) is 1.69. The van der Waals surface area contributed by atoms with Gasteiger partial charge < -0.3 is 10.6 Å². The van der Waals surface area contributed by atoms with Crippen molar-refractivity contribution in [2.24, 2.45) is 0 Å². The zero-order chi connectivity index (χ0) is 10.2. The number of rotatable bonds is 6. The summed E-state index contributed by atoms with van der Waals surface area (Å²) in [4.78, 5) is 0. The van der Waals surface area contributed by atoms with Crippen molar-refractivity contribution in [2.75, 3.05) is 19.6 Å². The number of aryl methyl sites for hydroxylation is 1. The molecule has 2 nitrogen and oxygen atoms in total. The Bertz CT molecular complexity index is 241. The SMILES string of the molecule is CCNCCNCc1ccc(C)cc1. The van der Waals surface area contributed by atoms with Gasteiger partial charge in [-0.3, -0.25) is 0 Å². The van der Waals surface area contributed by atoms with Crippen LogP contribution >= 0.6 is 0 Å². The molecule has 1 aromatic carbocycles. The summed E-state index contributed by atoms with van der Waals surface area (Å²) in [6.07, 6.45) is 0. The van der Waals surface area contributed by atoms with Crippen LogP contribution in [0.3, 0.4) is 0 Å². The number of nitrogens with one attached hydrogen (secondary N) is 2. The van der Waals surface area contributed by atoms with Gasteiger partial charge in [-0.2, -0.15) is 0 Å². The monoisotopic (exact) mass is 192 g/mol. The molecule has 1 rings (SSSR count). The Hall–Kier alpha value is -0.860. The lowest BCUT2D eigenvalue weighted by molar-refractivity contribution is 0.625. The van der Waals surface area contributed by atoms with Crippen LogP contribution in [0.2, 0.25) is 0 Å². The topological polar surface area (TPSA) is 24.1 Å². The van der Waals surface area contributed by atoms with Crippen molar-refractivity contribution in [3.63, 3.8) is 0 Å². The fourth-order valence-electron chi connectivity index (χ4n) is 1.29. The molecule has 2 heteroatoms. The Labute approximate surface area is 86.7 Å². The maximum Gasteiger partial charge on any atom is 0.0206 e.